The number of primary amides is 1. The van der Waals surface area contributed by atoms with Crippen molar-refractivity contribution in [3.8, 4) is 0 Å². The fourth-order valence-electron chi connectivity index (χ4n) is 2.76. The van der Waals surface area contributed by atoms with Crippen LogP contribution in [0.1, 0.15) is 48.0 Å². The molecule has 0 heterocycles. The lowest BCUT2D eigenvalue weighted by atomic mass is 9.80. The Bertz CT molecular complexity index is 534. The minimum Gasteiger partial charge on any atom is -0.399 e. The number of nitrogen functional groups attached to an aromatic ring is 1. The highest BCUT2D eigenvalue weighted by Crippen LogP contribution is 2.28. The summed E-state index contributed by atoms with van der Waals surface area (Å²) in [5.41, 5.74) is 12.2. The molecule has 1 fully saturated rings. The predicted molar refractivity (Wildman–Crippen MR) is 78.1 cm³/mol. The van der Waals surface area contributed by atoms with Crippen molar-refractivity contribution in [2.75, 3.05) is 5.73 Å². The molecule has 1 saturated carbocycles. The van der Waals surface area contributed by atoms with Crippen LogP contribution in [-0.4, -0.2) is 17.4 Å². The van der Waals surface area contributed by atoms with Crippen molar-refractivity contribution in [2.45, 2.75) is 44.6 Å². The van der Waals surface area contributed by atoms with Crippen molar-refractivity contribution in [3.63, 3.8) is 0 Å². The highest BCUT2D eigenvalue weighted by molar-refractivity contribution is 6.00. The SMILES string of the molecule is Cc1ccc(N)cc1C(=O)NC1(C(N)=O)CCCCC1. The fourth-order valence-corrected chi connectivity index (χ4v) is 2.76. The first-order valence-corrected chi connectivity index (χ1v) is 6.93. The van der Waals surface area contributed by atoms with Crippen molar-refractivity contribution < 1.29 is 9.59 Å². The average molecular weight is 275 g/mol. The molecule has 0 aromatic heterocycles. The molecular formula is C15H21N3O2. The molecule has 5 heteroatoms. The van der Waals surface area contributed by atoms with Gasteiger partial charge in [-0.3, -0.25) is 9.59 Å². The molecular weight excluding hydrogens is 254 g/mol. The Kier molecular flexibility index (Phi) is 3.97. The third-order valence-electron chi connectivity index (χ3n) is 4.04. The van der Waals surface area contributed by atoms with E-state index in [4.69, 9.17) is 11.5 Å². The van der Waals surface area contributed by atoms with Crippen LogP contribution in [0.25, 0.3) is 0 Å². The monoisotopic (exact) mass is 275 g/mol. The van der Waals surface area contributed by atoms with E-state index in [1.54, 1.807) is 18.2 Å². The Labute approximate surface area is 118 Å². The zero-order valence-corrected chi connectivity index (χ0v) is 11.7. The summed E-state index contributed by atoms with van der Waals surface area (Å²) in [6.07, 6.45) is 4.09. The van der Waals surface area contributed by atoms with Gasteiger partial charge in [0, 0.05) is 11.3 Å². The van der Waals surface area contributed by atoms with Gasteiger partial charge in [0.05, 0.1) is 0 Å². The number of hydrogen-bond acceptors (Lipinski definition) is 3. The summed E-state index contributed by atoms with van der Waals surface area (Å²) < 4.78 is 0. The summed E-state index contributed by atoms with van der Waals surface area (Å²) in [7, 11) is 0. The molecule has 20 heavy (non-hydrogen) atoms. The lowest BCUT2D eigenvalue weighted by molar-refractivity contribution is -0.125. The maximum atomic E-state index is 12.4. The van der Waals surface area contributed by atoms with Gasteiger partial charge in [0.1, 0.15) is 5.54 Å². The van der Waals surface area contributed by atoms with E-state index >= 15 is 0 Å². The first kappa shape index (κ1) is 14.4. The van der Waals surface area contributed by atoms with E-state index in [0.717, 1.165) is 24.8 Å². The van der Waals surface area contributed by atoms with Crippen molar-refractivity contribution >= 4 is 17.5 Å². The minimum atomic E-state index is -0.910. The van der Waals surface area contributed by atoms with Gasteiger partial charge in [0.2, 0.25) is 5.91 Å². The van der Waals surface area contributed by atoms with Crippen LogP contribution >= 0.6 is 0 Å². The standard InChI is InChI=1S/C15H21N3O2/c1-10-5-6-11(16)9-12(10)13(19)18-15(14(17)20)7-3-2-4-8-15/h5-6,9H,2-4,7-8,16H2,1H3,(H2,17,20)(H,18,19). The molecule has 5 N–H and O–H groups in total. The largest absolute Gasteiger partial charge is 0.399 e. The second-order valence-electron chi connectivity index (χ2n) is 5.54. The lowest BCUT2D eigenvalue weighted by Gasteiger charge is -2.35. The topological polar surface area (TPSA) is 98.2 Å². The van der Waals surface area contributed by atoms with Crippen LogP contribution in [0.15, 0.2) is 18.2 Å². The molecule has 2 amide bonds. The van der Waals surface area contributed by atoms with E-state index in [1.165, 1.54) is 0 Å². The summed E-state index contributed by atoms with van der Waals surface area (Å²) in [5.74, 6) is -0.734. The third-order valence-corrected chi connectivity index (χ3v) is 4.04. The highest BCUT2D eigenvalue weighted by Gasteiger charge is 2.39. The molecule has 1 aliphatic carbocycles. The van der Waals surface area contributed by atoms with E-state index in [1.807, 2.05) is 6.92 Å². The second-order valence-corrected chi connectivity index (χ2v) is 5.54. The van der Waals surface area contributed by atoms with Crippen LogP contribution in [0, 0.1) is 6.92 Å². The van der Waals surface area contributed by atoms with Gasteiger partial charge in [-0.1, -0.05) is 25.3 Å². The average Bonchev–Trinajstić information content (AvgIpc) is 2.42. The van der Waals surface area contributed by atoms with Crippen LogP contribution in [0.3, 0.4) is 0 Å². The summed E-state index contributed by atoms with van der Waals surface area (Å²) >= 11 is 0. The molecule has 0 spiro atoms. The minimum absolute atomic E-state index is 0.282. The fraction of sp³-hybridized carbons (Fsp3) is 0.467. The molecule has 0 bridgehead atoms. The maximum Gasteiger partial charge on any atom is 0.252 e. The van der Waals surface area contributed by atoms with Gasteiger partial charge in [-0.15, -0.1) is 0 Å². The quantitative estimate of drug-likeness (QED) is 0.729. The number of rotatable bonds is 3. The Balaban J connectivity index is 2.24. The number of nitrogens with two attached hydrogens (primary N) is 2. The predicted octanol–water partition coefficient (Wildman–Crippen LogP) is 1.50. The Hall–Kier alpha value is -2.04. The summed E-state index contributed by atoms with van der Waals surface area (Å²) in [4.78, 5) is 24.2. The molecule has 0 saturated heterocycles. The summed E-state index contributed by atoms with van der Waals surface area (Å²) in [6, 6.07) is 5.17. The third kappa shape index (κ3) is 2.76. The number of amides is 2. The van der Waals surface area contributed by atoms with Gasteiger partial charge in [0.15, 0.2) is 0 Å². The Morgan fingerprint density at radius 3 is 2.45 bits per heavy atom. The molecule has 1 aromatic rings. The number of anilines is 1. The molecule has 0 atom stereocenters. The number of nitrogens with one attached hydrogen (secondary N) is 1. The van der Waals surface area contributed by atoms with Crippen LogP contribution in [0.5, 0.6) is 0 Å². The highest BCUT2D eigenvalue weighted by atomic mass is 16.2. The van der Waals surface area contributed by atoms with E-state index < -0.39 is 11.4 Å². The lowest BCUT2D eigenvalue weighted by Crippen LogP contribution is -2.58. The molecule has 1 aliphatic rings. The number of hydrogen-bond donors (Lipinski definition) is 3. The number of carbonyl (C=O) groups excluding carboxylic acids is 2. The second kappa shape index (κ2) is 5.53. The summed E-state index contributed by atoms with van der Waals surface area (Å²) in [5, 5.41) is 2.85. The van der Waals surface area contributed by atoms with Crippen LogP contribution in [0.2, 0.25) is 0 Å². The smallest absolute Gasteiger partial charge is 0.252 e. The van der Waals surface area contributed by atoms with Gasteiger partial charge < -0.3 is 16.8 Å². The van der Waals surface area contributed by atoms with Crippen molar-refractivity contribution in [2.24, 2.45) is 5.73 Å². The van der Waals surface area contributed by atoms with Crippen molar-refractivity contribution in [1.29, 1.82) is 0 Å². The molecule has 0 radical (unpaired) electrons. The first-order chi connectivity index (χ1) is 9.44. The van der Waals surface area contributed by atoms with E-state index in [0.29, 0.717) is 24.1 Å². The molecule has 2 rings (SSSR count). The van der Waals surface area contributed by atoms with Crippen LogP contribution in [0.4, 0.5) is 5.69 Å². The van der Waals surface area contributed by atoms with E-state index in [9.17, 15) is 9.59 Å². The van der Waals surface area contributed by atoms with Gasteiger partial charge in [0.25, 0.3) is 5.91 Å². The molecule has 108 valence electrons. The van der Waals surface area contributed by atoms with Gasteiger partial charge in [-0.25, -0.2) is 0 Å². The molecule has 5 nitrogen and oxygen atoms in total. The molecule has 0 aliphatic heterocycles. The van der Waals surface area contributed by atoms with Crippen LogP contribution in [-0.2, 0) is 4.79 Å². The van der Waals surface area contributed by atoms with Gasteiger partial charge >= 0.3 is 0 Å². The summed E-state index contributed by atoms with van der Waals surface area (Å²) in [6.45, 7) is 1.84. The van der Waals surface area contributed by atoms with Crippen molar-refractivity contribution in [3.05, 3.63) is 29.3 Å². The van der Waals surface area contributed by atoms with Gasteiger partial charge in [-0.2, -0.15) is 0 Å². The Morgan fingerprint density at radius 2 is 1.85 bits per heavy atom. The van der Waals surface area contributed by atoms with E-state index in [2.05, 4.69) is 5.32 Å². The maximum absolute atomic E-state index is 12.4. The number of aryl methyl sites for hydroxylation is 1. The molecule has 1 aromatic carbocycles. The molecule has 0 unspecified atom stereocenters. The number of carbonyl (C=O) groups is 2. The first-order valence-electron chi connectivity index (χ1n) is 6.93. The zero-order valence-electron chi connectivity index (χ0n) is 11.7. The van der Waals surface area contributed by atoms with E-state index in [-0.39, 0.29) is 5.91 Å². The van der Waals surface area contributed by atoms with Crippen LogP contribution < -0.4 is 16.8 Å². The Morgan fingerprint density at radius 1 is 1.20 bits per heavy atom. The zero-order chi connectivity index (χ0) is 14.8. The van der Waals surface area contributed by atoms with Gasteiger partial charge in [-0.05, 0) is 37.5 Å². The van der Waals surface area contributed by atoms with Crippen molar-refractivity contribution in [1.82, 2.24) is 5.32 Å². The normalized spacial score (nSPS) is 17.4. The number of benzene rings is 1.